The van der Waals surface area contributed by atoms with Crippen molar-refractivity contribution in [2.75, 3.05) is 32.8 Å². The van der Waals surface area contributed by atoms with Crippen LogP contribution in [0, 0.1) is 20.8 Å². The van der Waals surface area contributed by atoms with E-state index in [4.69, 9.17) is 4.74 Å². The quantitative estimate of drug-likeness (QED) is 0.761. The largest absolute Gasteiger partial charge is 0.378 e. The second kappa shape index (κ2) is 7.63. The van der Waals surface area contributed by atoms with E-state index in [1.165, 1.54) is 0 Å². The topological polar surface area (TPSA) is 66.9 Å². The van der Waals surface area contributed by atoms with Gasteiger partial charge in [-0.2, -0.15) is 0 Å². The number of ether oxygens (including phenoxy) is 1. The Balaban J connectivity index is 1.77. The minimum atomic E-state index is -0.402. The zero-order valence-electron chi connectivity index (χ0n) is 15.2. The Hall–Kier alpha value is -2.12. The number of benzene rings is 1. The van der Waals surface area contributed by atoms with Crippen LogP contribution >= 0.6 is 11.8 Å². The van der Waals surface area contributed by atoms with E-state index in [9.17, 15) is 14.4 Å². The van der Waals surface area contributed by atoms with Gasteiger partial charge in [-0.05, 0) is 55.3 Å². The molecule has 1 aromatic carbocycles. The SMILES string of the molecule is Cc1cc(C)c(/C=C2\SC(=O)N(CC(=O)N3CCOCC3)C2=O)c(C)c1. The zero-order chi connectivity index (χ0) is 18.8. The van der Waals surface area contributed by atoms with Gasteiger partial charge in [-0.3, -0.25) is 19.3 Å². The van der Waals surface area contributed by atoms with Crippen LogP contribution < -0.4 is 0 Å². The van der Waals surface area contributed by atoms with Crippen molar-refractivity contribution < 1.29 is 19.1 Å². The van der Waals surface area contributed by atoms with E-state index >= 15 is 0 Å². The van der Waals surface area contributed by atoms with Crippen LogP contribution in [0.1, 0.15) is 22.3 Å². The van der Waals surface area contributed by atoms with Crippen molar-refractivity contribution >= 4 is 34.9 Å². The molecule has 2 aliphatic rings. The third-order valence-corrected chi connectivity index (χ3v) is 5.45. The average Bonchev–Trinajstić information content (AvgIpc) is 2.86. The number of thioether (sulfide) groups is 1. The fraction of sp³-hybridized carbons (Fsp3) is 0.421. The first-order valence-corrected chi connectivity index (χ1v) is 9.37. The van der Waals surface area contributed by atoms with Crippen molar-refractivity contribution in [1.29, 1.82) is 0 Å². The first-order valence-electron chi connectivity index (χ1n) is 8.55. The van der Waals surface area contributed by atoms with Crippen LogP contribution in [0.15, 0.2) is 17.0 Å². The number of hydrogen-bond acceptors (Lipinski definition) is 5. The zero-order valence-corrected chi connectivity index (χ0v) is 16.0. The molecule has 0 N–H and O–H groups in total. The first kappa shape index (κ1) is 18.7. The van der Waals surface area contributed by atoms with Crippen LogP contribution in [-0.2, 0) is 14.3 Å². The standard InChI is InChI=1S/C19H22N2O4S/c1-12-8-13(2)15(14(3)9-12)10-16-18(23)21(19(24)26-16)11-17(22)20-4-6-25-7-5-20/h8-10H,4-7,11H2,1-3H3/b16-10-. The molecule has 0 aromatic heterocycles. The third-order valence-electron chi connectivity index (χ3n) is 4.54. The van der Waals surface area contributed by atoms with Gasteiger partial charge in [0.15, 0.2) is 0 Å². The maximum atomic E-state index is 12.6. The summed E-state index contributed by atoms with van der Waals surface area (Å²) >= 11 is 0.890. The molecule has 0 aliphatic carbocycles. The number of carbonyl (C=O) groups excluding carboxylic acids is 3. The molecule has 2 aliphatic heterocycles. The van der Waals surface area contributed by atoms with Crippen LogP contribution in [0.5, 0.6) is 0 Å². The van der Waals surface area contributed by atoms with Gasteiger partial charge in [-0.1, -0.05) is 17.7 Å². The molecule has 2 saturated heterocycles. The van der Waals surface area contributed by atoms with Crippen molar-refractivity contribution in [2.24, 2.45) is 0 Å². The van der Waals surface area contributed by atoms with Gasteiger partial charge in [0.2, 0.25) is 5.91 Å². The molecule has 0 spiro atoms. The predicted octanol–water partition coefficient (Wildman–Crippen LogP) is 2.51. The maximum Gasteiger partial charge on any atom is 0.294 e. The van der Waals surface area contributed by atoms with E-state index in [1.807, 2.05) is 32.9 Å². The number of aryl methyl sites for hydroxylation is 3. The maximum absolute atomic E-state index is 12.6. The molecule has 0 saturated carbocycles. The van der Waals surface area contributed by atoms with Gasteiger partial charge in [0.1, 0.15) is 6.54 Å². The molecule has 0 unspecified atom stereocenters. The summed E-state index contributed by atoms with van der Waals surface area (Å²) in [6.07, 6.45) is 1.76. The van der Waals surface area contributed by atoms with Crippen molar-refractivity contribution in [3.63, 3.8) is 0 Å². The van der Waals surface area contributed by atoms with Crippen LogP contribution in [0.2, 0.25) is 0 Å². The average molecular weight is 374 g/mol. The van der Waals surface area contributed by atoms with Gasteiger partial charge in [0.05, 0.1) is 18.1 Å². The smallest absolute Gasteiger partial charge is 0.294 e. The van der Waals surface area contributed by atoms with Crippen LogP contribution in [0.25, 0.3) is 6.08 Å². The van der Waals surface area contributed by atoms with Crippen LogP contribution in [0.3, 0.4) is 0 Å². The van der Waals surface area contributed by atoms with E-state index in [-0.39, 0.29) is 12.5 Å². The summed E-state index contributed by atoms with van der Waals surface area (Å²) in [5, 5.41) is -0.398. The number of carbonyl (C=O) groups is 3. The lowest BCUT2D eigenvalue weighted by molar-refractivity contribution is -0.139. The summed E-state index contributed by atoms with van der Waals surface area (Å²) in [6.45, 7) is 7.73. The molecule has 2 heterocycles. The Bertz CT molecular complexity index is 774. The Morgan fingerprint density at radius 2 is 1.77 bits per heavy atom. The normalized spacial score (nSPS) is 19.6. The number of morpholine rings is 1. The fourth-order valence-corrected chi connectivity index (χ4v) is 4.05. The van der Waals surface area contributed by atoms with E-state index in [0.29, 0.717) is 31.2 Å². The van der Waals surface area contributed by atoms with Gasteiger partial charge >= 0.3 is 0 Å². The van der Waals surface area contributed by atoms with Gasteiger partial charge < -0.3 is 9.64 Å². The molecular formula is C19H22N2O4S. The van der Waals surface area contributed by atoms with Crippen LogP contribution in [0.4, 0.5) is 4.79 Å². The predicted molar refractivity (Wildman–Crippen MR) is 101 cm³/mol. The molecule has 138 valence electrons. The Kier molecular flexibility index (Phi) is 5.48. The van der Waals surface area contributed by atoms with E-state index < -0.39 is 11.1 Å². The highest BCUT2D eigenvalue weighted by molar-refractivity contribution is 8.18. The monoisotopic (exact) mass is 374 g/mol. The summed E-state index contributed by atoms with van der Waals surface area (Å²) in [6, 6.07) is 4.09. The first-order chi connectivity index (χ1) is 12.4. The second-order valence-electron chi connectivity index (χ2n) is 6.57. The van der Waals surface area contributed by atoms with Gasteiger partial charge in [0.25, 0.3) is 11.1 Å². The fourth-order valence-electron chi connectivity index (χ4n) is 3.23. The number of nitrogens with zero attached hydrogens (tertiary/aromatic N) is 2. The molecule has 0 bridgehead atoms. The molecule has 2 fully saturated rings. The Labute approximate surface area is 157 Å². The highest BCUT2D eigenvalue weighted by atomic mass is 32.2. The molecule has 6 nitrogen and oxygen atoms in total. The van der Waals surface area contributed by atoms with Gasteiger partial charge in [-0.15, -0.1) is 0 Å². The molecule has 26 heavy (non-hydrogen) atoms. The minimum Gasteiger partial charge on any atom is -0.378 e. The Morgan fingerprint density at radius 1 is 1.15 bits per heavy atom. The second-order valence-corrected chi connectivity index (χ2v) is 7.57. The van der Waals surface area contributed by atoms with E-state index in [2.05, 4.69) is 0 Å². The summed E-state index contributed by atoms with van der Waals surface area (Å²) in [5.74, 6) is -0.625. The van der Waals surface area contributed by atoms with Crippen molar-refractivity contribution in [2.45, 2.75) is 20.8 Å². The molecule has 1 aromatic rings. The number of rotatable bonds is 3. The summed E-state index contributed by atoms with van der Waals surface area (Å²) in [7, 11) is 0. The van der Waals surface area contributed by atoms with Crippen molar-refractivity contribution in [3.8, 4) is 0 Å². The van der Waals surface area contributed by atoms with Crippen molar-refractivity contribution in [3.05, 3.63) is 39.3 Å². The molecule has 7 heteroatoms. The third kappa shape index (κ3) is 3.83. The number of imide groups is 1. The molecule has 0 radical (unpaired) electrons. The lowest BCUT2D eigenvalue weighted by atomic mass is 9.99. The highest BCUT2D eigenvalue weighted by Crippen LogP contribution is 2.33. The van der Waals surface area contributed by atoms with E-state index in [0.717, 1.165) is 38.9 Å². The number of hydrogen-bond donors (Lipinski definition) is 0. The van der Waals surface area contributed by atoms with Crippen LogP contribution in [-0.4, -0.2) is 59.7 Å². The summed E-state index contributed by atoms with van der Waals surface area (Å²) < 4.78 is 5.22. The summed E-state index contributed by atoms with van der Waals surface area (Å²) in [5.41, 5.74) is 4.21. The molecule has 0 atom stereocenters. The summed E-state index contributed by atoms with van der Waals surface area (Å²) in [4.78, 5) is 40.3. The van der Waals surface area contributed by atoms with Gasteiger partial charge in [0, 0.05) is 13.1 Å². The highest BCUT2D eigenvalue weighted by Gasteiger charge is 2.37. The Morgan fingerprint density at radius 3 is 2.38 bits per heavy atom. The number of amides is 3. The lowest BCUT2D eigenvalue weighted by Crippen LogP contribution is -2.46. The lowest BCUT2D eigenvalue weighted by Gasteiger charge is -2.28. The van der Waals surface area contributed by atoms with Gasteiger partial charge in [-0.25, -0.2) is 0 Å². The minimum absolute atomic E-state index is 0.214. The molecule has 3 rings (SSSR count). The van der Waals surface area contributed by atoms with Crippen molar-refractivity contribution in [1.82, 2.24) is 9.80 Å². The van der Waals surface area contributed by atoms with E-state index in [1.54, 1.807) is 11.0 Å². The molecular weight excluding hydrogens is 352 g/mol. The molecule has 3 amide bonds.